The number of aromatic nitrogens is 4. The molecular weight excluding hydrogens is 256 g/mol. The van der Waals surface area contributed by atoms with E-state index in [1.165, 1.54) is 0 Å². The number of nitrogens with one attached hydrogen (secondary N) is 1. The zero-order valence-corrected chi connectivity index (χ0v) is 12.0. The molecular formula is C13H20N6O. The Kier molecular flexibility index (Phi) is 4.39. The zero-order chi connectivity index (χ0) is 14.5. The van der Waals surface area contributed by atoms with Gasteiger partial charge in [-0.15, -0.1) is 0 Å². The number of hydrogen-bond acceptors (Lipinski definition) is 3. The van der Waals surface area contributed by atoms with Gasteiger partial charge in [0, 0.05) is 44.3 Å². The Labute approximate surface area is 118 Å². The summed E-state index contributed by atoms with van der Waals surface area (Å²) in [6.07, 6.45) is 7.26. The van der Waals surface area contributed by atoms with E-state index in [4.69, 9.17) is 0 Å². The first kappa shape index (κ1) is 14.1. The molecule has 0 saturated heterocycles. The Bertz CT molecular complexity index is 547. The lowest BCUT2D eigenvalue weighted by molar-refractivity contribution is 0.202. The molecule has 2 amide bonds. The molecule has 0 bridgehead atoms. The monoisotopic (exact) mass is 276 g/mol. The number of nitrogens with zero attached hydrogens (tertiary/aromatic N) is 5. The zero-order valence-electron chi connectivity index (χ0n) is 12.0. The van der Waals surface area contributed by atoms with Crippen LogP contribution in [0.2, 0.25) is 0 Å². The predicted octanol–water partition coefficient (Wildman–Crippen LogP) is 0.847. The first-order valence-electron chi connectivity index (χ1n) is 6.51. The van der Waals surface area contributed by atoms with Crippen molar-refractivity contribution in [3.05, 3.63) is 36.4 Å². The van der Waals surface area contributed by atoms with Gasteiger partial charge in [-0.1, -0.05) is 0 Å². The van der Waals surface area contributed by atoms with Crippen LogP contribution in [0, 0.1) is 0 Å². The second-order valence-corrected chi connectivity index (χ2v) is 4.96. The molecule has 2 rings (SSSR count). The van der Waals surface area contributed by atoms with Crippen LogP contribution in [0.4, 0.5) is 4.79 Å². The molecule has 0 radical (unpaired) electrons. The SMILES string of the molecule is C[C@@H](Cn1cccn1)NC(=O)N(C)Cc1cnn(C)c1. The number of hydrogen-bond donors (Lipinski definition) is 1. The number of aryl methyl sites for hydroxylation is 1. The maximum absolute atomic E-state index is 12.1. The summed E-state index contributed by atoms with van der Waals surface area (Å²) in [5.41, 5.74) is 1.00. The molecule has 2 aromatic heterocycles. The van der Waals surface area contributed by atoms with Gasteiger partial charge in [-0.3, -0.25) is 9.36 Å². The van der Waals surface area contributed by atoms with Crippen LogP contribution in [0.25, 0.3) is 0 Å². The number of amides is 2. The molecule has 0 spiro atoms. The molecule has 0 aromatic carbocycles. The first-order chi connectivity index (χ1) is 9.54. The topological polar surface area (TPSA) is 68.0 Å². The largest absolute Gasteiger partial charge is 0.334 e. The second kappa shape index (κ2) is 6.23. The van der Waals surface area contributed by atoms with Crippen LogP contribution in [0.15, 0.2) is 30.9 Å². The summed E-state index contributed by atoms with van der Waals surface area (Å²) in [5.74, 6) is 0. The second-order valence-electron chi connectivity index (χ2n) is 4.96. The van der Waals surface area contributed by atoms with E-state index in [1.807, 2.05) is 32.4 Å². The number of rotatable bonds is 5. The van der Waals surface area contributed by atoms with Gasteiger partial charge in [-0.2, -0.15) is 10.2 Å². The fourth-order valence-corrected chi connectivity index (χ4v) is 1.95. The highest BCUT2D eigenvalue weighted by atomic mass is 16.2. The summed E-state index contributed by atoms with van der Waals surface area (Å²) in [6, 6.07) is 1.77. The van der Waals surface area contributed by atoms with Gasteiger partial charge in [0.2, 0.25) is 0 Å². The summed E-state index contributed by atoms with van der Waals surface area (Å²) in [5, 5.41) is 11.2. The highest BCUT2D eigenvalue weighted by molar-refractivity contribution is 5.74. The van der Waals surface area contributed by atoms with E-state index < -0.39 is 0 Å². The van der Waals surface area contributed by atoms with E-state index in [0.717, 1.165) is 5.56 Å². The van der Waals surface area contributed by atoms with Crippen molar-refractivity contribution >= 4 is 6.03 Å². The molecule has 2 heterocycles. The Hall–Kier alpha value is -2.31. The molecule has 7 heteroatoms. The Balaban J connectivity index is 1.81. The molecule has 2 aromatic rings. The van der Waals surface area contributed by atoms with Crippen molar-refractivity contribution < 1.29 is 4.79 Å². The molecule has 0 aliphatic heterocycles. The third kappa shape index (κ3) is 3.84. The highest BCUT2D eigenvalue weighted by Crippen LogP contribution is 2.02. The van der Waals surface area contributed by atoms with Crippen molar-refractivity contribution in [3.63, 3.8) is 0 Å². The molecule has 20 heavy (non-hydrogen) atoms. The molecule has 108 valence electrons. The van der Waals surface area contributed by atoms with Gasteiger partial charge in [0.25, 0.3) is 0 Å². The molecule has 0 saturated carbocycles. The van der Waals surface area contributed by atoms with E-state index in [9.17, 15) is 4.79 Å². The first-order valence-corrected chi connectivity index (χ1v) is 6.51. The van der Waals surface area contributed by atoms with Gasteiger partial charge >= 0.3 is 6.03 Å². The van der Waals surface area contributed by atoms with Crippen LogP contribution < -0.4 is 5.32 Å². The molecule has 7 nitrogen and oxygen atoms in total. The van der Waals surface area contributed by atoms with Crippen LogP contribution in [-0.2, 0) is 20.1 Å². The number of carbonyl (C=O) groups excluding carboxylic acids is 1. The van der Waals surface area contributed by atoms with Gasteiger partial charge in [0.05, 0.1) is 19.3 Å². The Morgan fingerprint density at radius 2 is 2.30 bits per heavy atom. The van der Waals surface area contributed by atoms with E-state index >= 15 is 0 Å². The molecule has 0 aliphatic carbocycles. The Morgan fingerprint density at radius 3 is 2.90 bits per heavy atom. The molecule has 0 unspecified atom stereocenters. The lowest BCUT2D eigenvalue weighted by Crippen LogP contribution is -2.43. The number of urea groups is 1. The fourth-order valence-electron chi connectivity index (χ4n) is 1.95. The summed E-state index contributed by atoms with van der Waals surface area (Å²) in [4.78, 5) is 13.7. The molecule has 0 fully saturated rings. The van der Waals surface area contributed by atoms with E-state index in [1.54, 1.807) is 33.7 Å². The third-order valence-electron chi connectivity index (χ3n) is 2.91. The van der Waals surface area contributed by atoms with E-state index in [-0.39, 0.29) is 12.1 Å². The molecule has 1 atom stereocenters. The van der Waals surface area contributed by atoms with E-state index in [2.05, 4.69) is 15.5 Å². The van der Waals surface area contributed by atoms with Gasteiger partial charge in [-0.05, 0) is 13.0 Å². The average Bonchev–Trinajstić information content (AvgIpc) is 3.01. The van der Waals surface area contributed by atoms with Gasteiger partial charge in [0.1, 0.15) is 0 Å². The minimum absolute atomic E-state index is 0.0127. The average molecular weight is 276 g/mol. The van der Waals surface area contributed by atoms with E-state index in [0.29, 0.717) is 13.1 Å². The maximum atomic E-state index is 12.1. The quantitative estimate of drug-likeness (QED) is 0.880. The van der Waals surface area contributed by atoms with Crippen molar-refractivity contribution in [1.29, 1.82) is 0 Å². The van der Waals surface area contributed by atoms with Gasteiger partial charge < -0.3 is 10.2 Å². The van der Waals surface area contributed by atoms with Crippen LogP contribution in [0.5, 0.6) is 0 Å². The fraction of sp³-hybridized carbons (Fsp3) is 0.462. The Morgan fingerprint density at radius 1 is 1.50 bits per heavy atom. The lowest BCUT2D eigenvalue weighted by Gasteiger charge is -2.21. The summed E-state index contributed by atoms with van der Waals surface area (Å²) in [6.45, 7) is 3.14. The van der Waals surface area contributed by atoms with Gasteiger partial charge in [0.15, 0.2) is 0 Å². The minimum Gasteiger partial charge on any atom is -0.334 e. The number of carbonyl (C=O) groups is 1. The van der Waals surface area contributed by atoms with Crippen molar-refractivity contribution in [2.45, 2.75) is 26.1 Å². The normalized spacial score (nSPS) is 12.2. The molecule has 1 N–H and O–H groups in total. The third-order valence-corrected chi connectivity index (χ3v) is 2.91. The van der Waals surface area contributed by atoms with Crippen LogP contribution in [-0.4, -0.2) is 43.6 Å². The minimum atomic E-state index is -0.103. The predicted molar refractivity (Wildman–Crippen MR) is 74.9 cm³/mol. The van der Waals surface area contributed by atoms with Crippen molar-refractivity contribution in [2.24, 2.45) is 7.05 Å². The highest BCUT2D eigenvalue weighted by Gasteiger charge is 2.13. The molecule has 0 aliphatic rings. The summed E-state index contributed by atoms with van der Waals surface area (Å²) < 4.78 is 3.52. The van der Waals surface area contributed by atoms with Crippen LogP contribution >= 0.6 is 0 Å². The van der Waals surface area contributed by atoms with Crippen molar-refractivity contribution in [3.8, 4) is 0 Å². The lowest BCUT2D eigenvalue weighted by atomic mass is 10.3. The summed E-state index contributed by atoms with van der Waals surface area (Å²) >= 11 is 0. The maximum Gasteiger partial charge on any atom is 0.317 e. The van der Waals surface area contributed by atoms with Crippen molar-refractivity contribution in [2.75, 3.05) is 7.05 Å². The summed E-state index contributed by atoms with van der Waals surface area (Å²) in [7, 11) is 3.62. The smallest absolute Gasteiger partial charge is 0.317 e. The van der Waals surface area contributed by atoms with Crippen LogP contribution in [0.3, 0.4) is 0 Å². The van der Waals surface area contributed by atoms with Crippen LogP contribution in [0.1, 0.15) is 12.5 Å². The standard InChI is InChI=1S/C13H20N6O/c1-11(8-19-6-4-5-14-19)16-13(20)17(2)9-12-7-15-18(3)10-12/h4-7,10-11H,8-9H2,1-3H3,(H,16,20)/t11-/m0/s1. The van der Waals surface area contributed by atoms with Crippen molar-refractivity contribution in [1.82, 2.24) is 29.8 Å². The van der Waals surface area contributed by atoms with Gasteiger partial charge in [-0.25, -0.2) is 4.79 Å².